The van der Waals surface area contributed by atoms with Gasteiger partial charge in [0.05, 0.1) is 22.1 Å². The Hall–Kier alpha value is -2.99. The van der Waals surface area contributed by atoms with Crippen LogP contribution in [0.5, 0.6) is 0 Å². The molecule has 0 spiro atoms. The highest BCUT2D eigenvalue weighted by Gasteiger charge is 2.32. The van der Waals surface area contributed by atoms with Crippen molar-refractivity contribution in [3.8, 4) is 11.1 Å². The molecule has 2 atom stereocenters. The van der Waals surface area contributed by atoms with Crippen molar-refractivity contribution in [2.24, 2.45) is 0 Å². The standard InChI is InChI=1S/C28H26Cl2N8OS.ClH/c29-20-12-18(16-3-5-17(6-4-16)21-13-31-7-8-32-21)23(30)24-19(20)14-38(36-24)26(27(39)35-28-33-9-11-40-28)25-22-2-1-10-37(22)15-34-25;/h3-6,9,11-12,14-15,21,26,31-32H,1-2,7-8,10,13H2,(H,33,35,39);1H. The maximum absolute atomic E-state index is 13.7. The largest absolute Gasteiger partial charge is 0.334 e. The first-order valence-electron chi connectivity index (χ1n) is 13.2. The van der Waals surface area contributed by atoms with Crippen LogP contribution in [0.2, 0.25) is 10.0 Å². The van der Waals surface area contributed by atoms with Gasteiger partial charge in [0.15, 0.2) is 11.2 Å². The summed E-state index contributed by atoms with van der Waals surface area (Å²) >= 11 is 15.2. The Morgan fingerprint density at radius 2 is 2.02 bits per heavy atom. The first-order chi connectivity index (χ1) is 19.6. The first kappa shape index (κ1) is 28.1. The zero-order valence-corrected chi connectivity index (χ0v) is 25.0. The number of hydrogen-bond acceptors (Lipinski definition) is 7. The van der Waals surface area contributed by atoms with Gasteiger partial charge in [0.25, 0.3) is 5.91 Å². The average Bonchev–Trinajstić information content (AvgIpc) is 3.78. The second-order valence-electron chi connectivity index (χ2n) is 10.0. The highest BCUT2D eigenvalue weighted by atomic mass is 35.5. The molecule has 9 nitrogen and oxygen atoms in total. The Bertz CT molecular complexity index is 1690. The van der Waals surface area contributed by atoms with E-state index in [4.69, 9.17) is 28.3 Å². The zero-order chi connectivity index (χ0) is 27.2. The van der Waals surface area contributed by atoms with E-state index in [-0.39, 0.29) is 24.4 Å². The van der Waals surface area contributed by atoms with Crippen molar-refractivity contribution in [2.75, 3.05) is 25.0 Å². The fourth-order valence-electron chi connectivity index (χ4n) is 5.61. The van der Waals surface area contributed by atoms with Gasteiger partial charge in [0.2, 0.25) is 0 Å². The molecule has 0 bridgehead atoms. The van der Waals surface area contributed by atoms with Crippen molar-refractivity contribution in [2.45, 2.75) is 31.5 Å². The number of amides is 1. The van der Waals surface area contributed by atoms with E-state index in [1.165, 1.54) is 16.9 Å². The molecule has 0 aliphatic carbocycles. The van der Waals surface area contributed by atoms with E-state index in [1.54, 1.807) is 23.4 Å². The van der Waals surface area contributed by atoms with Crippen LogP contribution in [0.15, 0.2) is 54.4 Å². The minimum atomic E-state index is -0.808. The van der Waals surface area contributed by atoms with Gasteiger partial charge in [0.1, 0.15) is 5.52 Å². The number of aryl methyl sites for hydroxylation is 1. The summed E-state index contributed by atoms with van der Waals surface area (Å²) in [6.45, 7) is 3.70. The number of halogens is 3. The average molecular weight is 630 g/mol. The predicted molar refractivity (Wildman–Crippen MR) is 165 cm³/mol. The summed E-state index contributed by atoms with van der Waals surface area (Å²) in [6, 6.07) is 9.69. The van der Waals surface area contributed by atoms with E-state index in [1.807, 2.05) is 11.4 Å². The molecule has 2 aliphatic heterocycles. The van der Waals surface area contributed by atoms with Crippen molar-refractivity contribution in [1.29, 1.82) is 0 Å². The van der Waals surface area contributed by atoms with Crippen LogP contribution in [0.3, 0.4) is 0 Å². The topological polar surface area (TPSA) is 102 Å². The highest BCUT2D eigenvalue weighted by molar-refractivity contribution is 7.13. The molecule has 212 valence electrons. The molecule has 5 heterocycles. The summed E-state index contributed by atoms with van der Waals surface area (Å²) in [5, 5.41) is 18.7. The SMILES string of the molecule is Cl.O=C(Nc1nccs1)C(c1ncn2c1CCC2)n1cc2c(Cl)cc(-c3ccc(C4CNCCN4)cc3)c(Cl)c2n1. The summed E-state index contributed by atoms with van der Waals surface area (Å²) in [7, 11) is 0. The number of thiazole rings is 1. The first-order valence-corrected chi connectivity index (χ1v) is 14.9. The third kappa shape index (κ3) is 5.24. The molecular weight excluding hydrogens is 603 g/mol. The highest BCUT2D eigenvalue weighted by Crippen LogP contribution is 2.39. The predicted octanol–water partition coefficient (Wildman–Crippen LogP) is 5.49. The van der Waals surface area contributed by atoms with Gasteiger partial charge in [-0.05, 0) is 30.0 Å². The summed E-state index contributed by atoms with van der Waals surface area (Å²) in [4.78, 5) is 22.5. The van der Waals surface area contributed by atoms with E-state index < -0.39 is 6.04 Å². The number of anilines is 1. The second kappa shape index (κ2) is 11.7. The Morgan fingerprint density at radius 1 is 1.17 bits per heavy atom. The lowest BCUT2D eigenvalue weighted by atomic mass is 9.99. The number of nitrogens with zero attached hydrogens (tertiary/aromatic N) is 5. The molecule has 0 saturated carbocycles. The maximum atomic E-state index is 13.7. The quantitative estimate of drug-likeness (QED) is 0.230. The Kier molecular flexibility index (Phi) is 8.04. The van der Waals surface area contributed by atoms with Crippen LogP contribution in [-0.4, -0.2) is 49.9 Å². The van der Waals surface area contributed by atoms with Crippen molar-refractivity contribution in [1.82, 2.24) is 34.9 Å². The number of hydrogen-bond donors (Lipinski definition) is 3. The molecule has 2 aliphatic rings. The van der Waals surface area contributed by atoms with Gasteiger partial charge in [-0.15, -0.1) is 23.7 Å². The van der Waals surface area contributed by atoms with Crippen LogP contribution in [0, 0.1) is 0 Å². The van der Waals surface area contributed by atoms with E-state index in [0.29, 0.717) is 31.8 Å². The number of benzene rings is 2. The molecule has 7 rings (SSSR count). The van der Waals surface area contributed by atoms with Crippen molar-refractivity contribution >= 4 is 68.9 Å². The molecule has 13 heteroatoms. The van der Waals surface area contributed by atoms with Gasteiger partial charge in [-0.2, -0.15) is 5.10 Å². The number of rotatable bonds is 6. The zero-order valence-electron chi connectivity index (χ0n) is 21.8. The summed E-state index contributed by atoms with van der Waals surface area (Å²) in [5.74, 6) is -0.273. The molecule has 1 saturated heterocycles. The lowest BCUT2D eigenvalue weighted by molar-refractivity contribution is -0.118. The number of carbonyl (C=O) groups excluding carboxylic acids is 1. The van der Waals surface area contributed by atoms with E-state index >= 15 is 0 Å². The molecule has 1 amide bonds. The lowest BCUT2D eigenvalue weighted by Crippen LogP contribution is -2.42. The molecule has 0 radical (unpaired) electrons. The minimum Gasteiger partial charge on any atom is -0.334 e. The molecule has 1 fully saturated rings. The number of aromatic nitrogens is 5. The number of piperazine rings is 1. The van der Waals surface area contributed by atoms with Crippen LogP contribution in [0.4, 0.5) is 5.13 Å². The fourth-order valence-corrected chi connectivity index (χ4v) is 6.69. The molecule has 3 aromatic heterocycles. The Balaban J connectivity index is 0.00000302. The number of carbonyl (C=O) groups is 1. The maximum Gasteiger partial charge on any atom is 0.257 e. The molecule has 2 aromatic carbocycles. The van der Waals surface area contributed by atoms with Crippen molar-refractivity contribution in [3.63, 3.8) is 0 Å². The van der Waals surface area contributed by atoms with Gasteiger partial charge in [-0.1, -0.05) is 47.5 Å². The number of nitrogens with one attached hydrogen (secondary N) is 3. The van der Waals surface area contributed by atoms with Crippen LogP contribution >= 0.6 is 46.9 Å². The normalized spacial score (nSPS) is 17.3. The molecule has 5 aromatic rings. The summed E-state index contributed by atoms with van der Waals surface area (Å²) in [6.07, 6.45) is 7.10. The monoisotopic (exact) mass is 628 g/mol. The van der Waals surface area contributed by atoms with Crippen molar-refractivity contribution < 1.29 is 4.79 Å². The van der Waals surface area contributed by atoms with Gasteiger partial charge in [0, 0.05) is 66.6 Å². The Labute approximate surface area is 256 Å². The molecular formula is C28H27Cl3N8OS. The third-order valence-electron chi connectivity index (χ3n) is 7.60. The van der Waals surface area contributed by atoms with Crippen LogP contribution in [-0.2, 0) is 17.8 Å². The van der Waals surface area contributed by atoms with Crippen molar-refractivity contribution in [3.05, 3.63) is 81.4 Å². The number of fused-ring (bicyclic) bond motifs is 2. The van der Waals surface area contributed by atoms with E-state index in [0.717, 1.165) is 55.8 Å². The third-order valence-corrected chi connectivity index (χ3v) is 8.98. The van der Waals surface area contributed by atoms with Crippen LogP contribution < -0.4 is 16.0 Å². The lowest BCUT2D eigenvalue weighted by Gasteiger charge is -2.25. The van der Waals surface area contributed by atoms with Gasteiger partial charge >= 0.3 is 0 Å². The fraction of sp³-hybridized carbons (Fsp3) is 0.286. The molecule has 3 N–H and O–H groups in total. The van der Waals surface area contributed by atoms with E-state index in [2.05, 4.69) is 54.8 Å². The minimum absolute atomic E-state index is 0. The number of imidazole rings is 1. The van der Waals surface area contributed by atoms with Crippen LogP contribution in [0.25, 0.3) is 22.0 Å². The smallest absolute Gasteiger partial charge is 0.257 e. The van der Waals surface area contributed by atoms with Gasteiger partial charge < -0.3 is 15.2 Å². The second-order valence-corrected chi connectivity index (χ2v) is 11.7. The molecule has 41 heavy (non-hydrogen) atoms. The Morgan fingerprint density at radius 3 is 2.78 bits per heavy atom. The van der Waals surface area contributed by atoms with Gasteiger partial charge in [-0.3, -0.25) is 14.8 Å². The van der Waals surface area contributed by atoms with Crippen LogP contribution in [0.1, 0.15) is 35.5 Å². The summed E-state index contributed by atoms with van der Waals surface area (Å²) in [5.41, 5.74) is 5.20. The molecule has 2 unspecified atom stereocenters. The van der Waals surface area contributed by atoms with Gasteiger partial charge in [-0.25, -0.2) is 9.97 Å². The van der Waals surface area contributed by atoms with E-state index in [9.17, 15) is 4.79 Å². The summed E-state index contributed by atoms with van der Waals surface area (Å²) < 4.78 is 3.73.